The van der Waals surface area contributed by atoms with Gasteiger partial charge in [0.15, 0.2) is 0 Å². The highest BCUT2D eigenvalue weighted by atomic mass is 16.1. The van der Waals surface area contributed by atoms with Crippen LogP contribution in [-0.4, -0.2) is 29.5 Å². The van der Waals surface area contributed by atoms with Gasteiger partial charge in [0.2, 0.25) is 0 Å². The number of para-hydroxylation sites is 1. The molecule has 1 saturated heterocycles. The minimum atomic E-state index is 0.0205. The van der Waals surface area contributed by atoms with Crippen molar-refractivity contribution in [2.45, 2.75) is 31.8 Å². The fourth-order valence-corrected chi connectivity index (χ4v) is 2.80. The van der Waals surface area contributed by atoms with E-state index < -0.39 is 0 Å². The van der Waals surface area contributed by atoms with Gasteiger partial charge in [0.25, 0.3) is 5.91 Å². The lowest BCUT2D eigenvalue weighted by atomic mass is 10.00. The Labute approximate surface area is 112 Å². The smallest absolute Gasteiger partial charge is 0.253 e. The molecule has 2 heterocycles. The Morgan fingerprint density at radius 2 is 2.26 bits per heavy atom. The average Bonchev–Trinajstić information content (AvgIpc) is 2.86. The fraction of sp³-hybridized carbons (Fsp3) is 0.400. The molecule has 100 valence electrons. The lowest BCUT2D eigenvalue weighted by molar-refractivity contribution is 0.0927. The molecular weight excluding hydrogens is 238 g/mol. The van der Waals surface area contributed by atoms with E-state index in [-0.39, 0.29) is 11.9 Å². The van der Waals surface area contributed by atoms with Gasteiger partial charge < -0.3 is 15.6 Å². The third-order valence-electron chi connectivity index (χ3n) is 3.79. The SMILES string of the molecule is CC1CC(NC(=O)c2cccc3cc[nH]c23)CCN1. The summed E-state index contributed by atoms with van der Waals surface area (Å²) in [6.45, 7) is 3.13. The number of rotatable bonds is 2. The molecule has 0 radical (unpaired) electrons. The van der Waals surface area contributed by atoms with Crippen LogP contribution < -0.4 is 10.6 Å². The first kappa shape index (κ1) is 12.2. The van der Waals surface area contributed by atoms with Crippen molar-refractivity contribution >= 4 is 16.8 Å². The summed E-state index contributed by atoms with van der Waals surface area (Å²) in [5.74, 6) is 0.0205. The maximum absolute atomic E-state index is 12.4. The van der Waals surface area contributed by atoms with Crippen molar-refractivity contribution in [3.63, 3.8) is 0 Å². The molecule has 1 aromatic heterocycles. The number of carbonyl (C=O) groups excluding carboxylic acids is 1. The summed E-state index contributed by atoms with van der Waals surface area (Å²) in [7, 11) is 0. The first-order valence-electron chi connectivity index (χ1n) is 6.84. The van der Waals surface area contributed by atoms with Crippen molar-refractivity contribution in [1.29, 1.82) is 0 Å². The Bertz CT molecular complexity index is 590. The van der Waals surface area contributed by atoms with Crippen LogP contribution in [0.2, 0.25) is 0 Å². The molecule has 2 atom stereocenters. The van der Waals surface area contributed by atoms with Crippen molar-refractivity contribution in [2.75, 3.05) is 6.54 Å². The van der Waals surface area contributed by atoms with E-state index in [2.05, 4.69) is 22.5 Å². The number of carbonyl (C=O) groups is 1. The normalized spacial score (nSPS) is 23.4. The highest BCUT2D eigenvalue weighted by Crippen LogP contribution is 2.17. The monoisotopic (exact) mass is 257 g/mol. The molecule has 0 spiro atoms. The number of aromatic nitrogens is 1. The third-order valence-corrected chi connectivity index (χ3v) is 3.79. The summed E-state index contributed by atoms with van der Waals surface area (Å²) in [5.41, 5.74) is 1.65. The number of H-pyrrole nitrogens is 1. The average molecular weight is 257 g/mol. The van der Waals surface area contributed by atoms with E-state index in [0.29, 0.717) is 6.04 Å². The number of amides is 1. The van der Waals surface area contributed by atoms with Crippen LogP contribution in [-0.2, 0) is 0 Å². The van der Waals surface area contributed by atoms with E-state index in [1.807, 2.05) is 30.5 Å². The Morgan fingerprint density at radius 3 is 3.11 bits per heavy atom. The maximum Gasteiger partial charge on any atom is 0.253 e. The molecule has 0 bridgehead atoms. The molecule has 19 heavy (non-hydrogen) atoms. The van der Waals surface area contributed by atoms with Gasteiger partial charge in [0.05, 0.1) is 11.1 Å². The molecule has 3 N–H and O–H groups in total. The molecule has 1 aliphatic heterocycles. The van der Waals surface area contributed by atoms with Gasteiger partial charge >= 0.3 is 0 Å². The molecule has 1 amide bonds. The number of aromatic amines is 1. The third kappa shape index (κ3) is 2.49. The summed E-state index contributed by atoms with van der Waals surface area (Å²) in [6.07, 6.45) is 3.86. The van der Waals surface area contributed by atoms with Crippen LogP contribution in [0.15, 0.2) is 30.5 Å². The topological polar surface area (TPSA) is 56.9 Å². The lowest BCUT2D eigenvalue weighted by Gasteiger charge is -2.28. The van der Waals surface area contributed by atoms with Crippen LogP contribution in [0.25, 0.3) is 10.9 Å². The lowest BCUT2D eigenvalue weighted by Crippen LogP contribution is -2.46. The Hall–Kier alpha value is -1.81. The van der Waals surface area contributed by atoms with Gasteiger partial charge in [-0.25, -0.2) is 0 Å². The summed E-state index contributed by atoms with van der Waals surface area (Å²) < 4.78 is 0. The minimum absolute atomic E-state index is 0.0205. The summed E-state index contributed by atoms with van der Waals surface area (Å²) >= 11 is 0. The first-order chi connectivity index (χ1) is 9.24. The van der Waals surface area contributed by atoms with Crippen molar-refractivity contribution in [1.82, 2.24) is 15.6 Å². The zero-order valence-electron chi connectivity index (χ0n) is 11.1. The molecule has 0 saturated carbocycles. The summed E-state index contributed by atoms with van der Waals surface area (Å²) in [5, 5.41) is 7.62. The second-order valence-electron chi connectivity index (χ2n) is 5.30. The highest BCUT2D eigenvalue weighted by molar-refractivity contribution is 6.05. The van der Waals surface area contributed by atoms with Crippen LogP contribution in [0.4, 0.5) is 0 Å². The highest BCUT2D eigenvalue weighted by Gasteiger charge is 2.21. The number of hydrogen-bond acceptors (Lipinski definition) is 2. The van der Waals surface area contributed by atoms with Crippen molar-refractivity contribution in [3.8, 4) is 0 Å². The molecule has 4 heteroatoms. The molecule has 3 rings (SSSR count). The minimum Gasteiger partial charge on any atom is -0.361 e. The number of benzene rings is 1. The van der Waals surface area contributed by atoms with Crippen LogP contribution in [0.5, 0.6) is 0 Å². The molecular formula is C15H19N3O. The fourth-order valence-electron chi connectivity index (χ4n) is 2.80. The van der Waals surface area contributed by atoms with Crippen LogP contribution >= 0.6 is 0 Å². The predicted octanol–water partition coefficient (Wildman–Crippen LogP) is 2.04. The molecule has 1 fully saturated rings. The van der Waals surface area contributed by atoms with Gasteiger partial charge in [-0.15, -0.1) is 0 Å². The van der Waals surface area contributed by atoms with E-state index in [0.717, 1.165) is 35.9 Å². The van der Waals surface area contributed by atoms with Crippen molar-refractivity contribution in [2.24, 2.45) is 0 Å². The first-order valence-corrected chi connectivity index (χ1v) is 6.84. The van der Waals surface area contributed by atoms with E-state index >= 15 is 0 Å². The Morgan fingerprint density at radius 1 is 1.37 bits per heavy atom. The molecule has 0 aliphatic carbocycles. The zero-order chi connectivity index (χ0) is 13.2. The van der Waals surface area contributed by atoms with Crippen molar-refractivity contribution < 1.29 is 4.79 Å². The van der Waals surface area contributed by atoms with E-state index in [1.165, 1.54) is 0 Å². The predicted molar refractivity (Wildman–Crippen MR) is 76.3 cm³/mol. The molecule has 1 aliphatic rings. The number of piperidine rings is 1. The number of hydrogen-bond donors (Lipinski definition) is 3. The quantitative estimate of drug-likeness (QED) is 0.771. The number of fused-ring (bicyclic) bond motifs is 1. The standard InChI is InChI=1S/C15H19N3O/c1-10-9-12(6-8-16-10)18-15(19)13-4-2-3-11-5-7-17-14(11)13/h2-5,7,10,12,16-17H,6,8-9H2,1H3,(H,18,19). The van der Waals surface area contributed by atoms with Gasteiger partial charge in [0, 0.05) is 23.7 Å². The van der Waals surface area contributed by atoms with E-state index in [9.17, 15) is 4.79 Å². The number of nitrogens with one attached hydrogen (secondary N) is 3. The molecule has 4 nitrogen and oxygen atoms in total. The largest absolute Gasteiger partial charge is 0.361 e. The second kappa shape index (κ2) is 5.05. The van der Waals surface area contributed by atoms with Gasteiger partial charge in [0.1, 0.15) is 0 Å². The van der Waals surface area contributed by atoms with Crippen LogP contribution in [0.1, 0.15) is 30.1 Å². The molecule has 1 aromatic carbocycles. The van der Waals surface area contributed by atoms with E-state index in [1.54, 1.807) is 0 Å². The Balaban J connectivity index is 1.78. The Kier molecular flexibility index (Phi) is 3.25. The molecule has 2 unspecified atom stereocenters. The van der Waals surface area contributed by atoms with Gasteiger partial charge in [-0.3, -0.25) is 4.79 Å². The van der Waals surface area contributed by atoms with Gasteiger partial charge in [-0.2, -0.15) is 0 Å². The second-order valence-corrected chi connectivity index (χ2v) is 5.30. The van der Waals surface area contributed by atoms with Crippen molar-refractivity contribution in [3.05, 3.63) is 36.0 Å². The van der Waals surface area contributed by atoms with Gasteiger partial charge in [-0.1, -0.05) is 12.1 Å². The van der Waals surface area contributed by atoms with E-state index in [4.69, 9.17) is 0 Å². The summed E-state index contributed by atoms with van der Waals surface area (Å²) in [6, 6.07) is 8.54. The zero-order valence-corrected chi connectivity index (χ0v) is 11.1. The summed E-state index contributed by atoms with van der Waals surface area (Å²) in [4.78, 5) is 15.5. The maximum atomic E-state index is 12.4. The van der Waals surface area contributed by atoms with Gasteiger partial charge in [-0.05, 0) is 38.4 Å². The molecule has 2 aromatic rings. The van der Waals surface area contributed by atoms with Crippen LogP contribution in [0, 0.1) is 0 Å². The van der Waals surface area contributed by atoms with Crippen LogP contribution in [0.3, 0.4) is 0 Å².